The number of nitrogens with two attached hydrogens (primary N) is 1. The highest BCUT2D eigenvalue weighted by Gasteiger charge is 2.30. The Hall–Kier alpha value is -3.04. The summed E-state index contributed by atoms with van der Waals surface area (Å²) >= 11 is 0. The van der Waals surface area contributed by atoms with Gasteiger partial charge in [-0.05, 0) is 35.4 Å². The average Bonchev–Trinajstić information content (AvgIpc) is 2.93. The lowest BCUT2D eigenvalue weighted by atomic mass is 10.0. The molecule has 4 rings (SSSR count). The van der Waals surface area contributed by atoms with Crippen molar-refractivity contribution in [3.05, 3.63) is 54.0 Å². The quantitative estimate of drug-likeness (QED) is 0.684. The van der Waals surface area contributed by atoms with Crippen LogP contribution in [0.5, 0.6) is 0 Å². The molecular formula is C19H19N5O3S. The molecule has 3 heterocycles. The van der Waals surface area contributed by atoms with Crippen molar-refractivity contribution in [1.29, 1.82) is 0 Å². The molecular weight excluding hydrogens is 378 g/mol. The van der Waals surface area contributed by atoms with Gasteiger partial charge in [-0.2, -0.15) is 0 Å². The van der Waals surface area contributed by atoms with Gasteiger partial charge in [0.2, 0.25) is 10.0 Å². The van der Waals surface area contributed by atoms with Crippen molar-refractivity contribution >= 4 is 32.5 Å². The molecule has 8 nitrogen and oxygen atoms in total. The number of benzene rings is 1. The van der Waals surface area contributed by atoms with Crippen LogP contribution in [0.25, 0.3) is 22.0 Å². The van der Waals surface area contributed by atoms with Crippen LogP contribution in [0.4, 0.5) is 5.69 Å². The van der Waals surface area contributed by atoms with E-state index >= 15 is 0 Å². The third-order valence-electron chi connectivity index (χ3n) is 4.75. The van der Waals surface area contributed by atoms with Gasteiger partial charge in [0.1, 0.15) is 5.69 Å². The number of fused-ring (bicyclic) bond motifs is 2. The van der Waals surface area contributed by atoms with Crippen LogP contribution in [0.3, 0.4) is 0 Å². The summed E-state index contributed by atoms with van der Waals surface area (Å²) in [5.41, 5.74) is 9.29. The fourth-order valence-electron chi connectivity index (χ4n) is 3.28. The van der Waals surface area contributed by atoms with E-state index in [0.717, 1.165) is 22.1 Å². The van der Waals surface area contributed by atoms with E-state index in [1.807, 2.05) is 12.1 Å². The third-order valence-corrected chi connectivity index (χ3v) is 6.45. The molecule has 1 amide bonds. The minimum Gasteiger partial charge on any atom is -0.349 e. The largest absolute Gasteiger partial charge is 0.349 e. The molecule has 0 spiro atoms. The number of aromatic nitrogens is 2. The minimum atomic E-state index is -3.31. The van der Waals surface area contributed by atoms with Gasteiger partial charge < -0.3 is 11.1 Å². The molecule has 0 fully saturated rings. The second-order valence-corrected chi connectivity index (χ2v) is 8.57. The summed E-state index contributed by atoms with van der Waals surface area (Å²) in [6, 6.07) is 8.91. The number of rotatable bonds is 4. The molecule has 9 heteroatoms. The van der Waals surface area contributed by atoms with Gasteiger partial charge in [0.25, 0.3) is 5.91 Å². The summed E-state index contributed by atoms with van der Waals surface area (Å²) in [6.07, 6.45) is 3.35. The zero-order valence-electron chi connectivity index (χ0n) is 15.2. The predicted molar refractivity (Wildman–Crippen MR) is 107 cm³/mol. The number of nitrogens with one attached hydrogen (secondary N) is 1. The van der Waals surface area contributed by atoms with Crippen molar-refractivity contribution < 1.29 is 13.2 Å². The Balaban J connectivity index is 1.80. The molecule has 144 valence electrons. The molecule has 0 saturated carbocycles. The van der Waals surface area contributed by atoms with E-state index in [1.54, 1.807) is 37.6 Å². The van der Waals surface area contributed by atoms with E-state index in [9.17, 15) is 13.2 Å². The highest BCUT2D eigenvalue weighted by Crippen LogP contribution is 2.36. The second-order valence-electron chi connectivity index (χ2n) is 6.57. The first kappa shape index (κ1) is 18.3. The molecule has 3 N–H and O–H groups in total. The zero-order chi connectivity index (χ0) is 19.9. The van der Waals surface area contributed by atoms with Crippen molar-refractivity contribution in [1.82, 2.24) is 15.3 Å². The van der Waals surface area contributed by atoms with Crippen LogP contribution >= 0.6 is 0 Å². The Morgan fingerprint density at radius 1 is 1.25 bits per heavy atom. The standard InChI is InChI=1S/C19H19N5O3S/c1-24-17-5-3-12(8-14(17)11-28(24,26)27)15-10-21-9-13-2-4-16(23-18(13)15)19(25)22-7-6-20/h2-5,8-10H,6-7,11,20H2,1H3,(H,22,25). The Morgan fingerprint density at radius 2 is 2.07 bits per heavy atom. The summed E-state index contributed by atoms with van der Waals surface area (Å²) < 4.78 is 25.6. The Labute approximate surface area is 162 Å². The Kier molecular flexibility index (Phi) is 4.48. The van der Waals surface area contributed by atoms with E-state index in [-0.39, 0.29) is 17.4 Å². The van der Waals surface area contributed by atoms with Crippen LogP contribution in [0.15, 0.2) is 42.7 Å². The predicted octanol–water partition coefficient (Wildman–Crippen LogP) is 1.26. The van der Waals surface area contributed by atoms with Crippen molar-refractivity contribution in [2.45, 2.75) is 5.75 Å². The SMILES string of the molecule is CN1c2ccc(-c3cncc4ccc(C(=O)NCCN)nc34)cc2CS1(=O)=O. The minimum absolute atomic E-state index is 0.0367. The summed E-state index contributed by atoms with van der Waals surface area (Å²) in [6.45, 7) is 0.718. The van der Waals surface area contributed by atoms with Crippen LogP contribution in [-0.4, -0.2) is 44.4 Å². The Morgan fingerprint density at radius 3 is 2.86 bits per heavy atom. The maximum absolute atomic E-state index is 12.2. The van der Waals surface area contributed by atoms with E-state index in [2.05, 4.69) is 15.3 Å². The van der Waals surface area contributed by atoms with Gasteiger partial charge in [-0.15, -0.1) is 0 Å². The first-order valence-corrected chi connectivity index (χ1v) is 10.3. The average molecular weight is 397 g/mol. The van der Waals surface area contributed by atoms with Crippen LogP contribution in [0, 0.1) is 0 Å². The molecule has 0 aliphatic carbocycles. The van der Waals surface area contributed by atoms with Gasteiger partial charge in [0, 0.05) is 43.5 Å². The summed E-state index contributed by atoms with van der Waals surface area (Å²) in [4.78, 5) is 21.0. The van der Waals surface area contributed by atoms with Gasteiger partial charge >= 0.3 is 0 Å². The number of nitrogens with zero attached hydrogens (tertiary/aromatic N) is 3. The molecule has 0 bridgehead atoms. The van der Waals surface area contributed by atoms with E-state index in [0.29, 0.717) is 24.3 Å². The maximum atomic E-state index is 12.2. The van der Waals surface area contributed by atoms with Crippen molar-refractivity contribution in [2.75, 3.05) is 24.4 Å². The molecule has 0 saturated heterocycles. The van der Waals surface area contributed by atoms with Crippen molar-refractivity contribution in [2.24, 2.45) is 5.73 Å². The van der Waals surface area contributed by atoms with Crippen LogP contribution in [0.1, 0.15) is 16.1 Å². The third kappa shape index (κ3) is 3.08. The Bertz CT molecular complexity index is 1190. The first-order chi connectivity index (χ1) is 13.4. The molecule has 3 aromatic rings. The van der Waals surface area contributed by atoms with Crippen LogP contribution in [-0.2, 0) is 15.8 Å². The first-order valence-electron chi connectivity index (χ1n) is 8.73. The van der Waals surface area contributed by atoms with E-state index in [1.165, 1.54) is 4.31 Å². The highest BCUT2D eigenvalue weighted by molar-refractivity contribution is 7.92. The normalized spacial score (nSPS) is 14.9. The number of hydrogen-bond acceptors (Lipinski definition) is 6. The molecule has 1 aliphatic rings. The number of anilines is 1. The summed E-state index contributed by atoms with van der Waals surface area (Å²) in [7, 11) is -1.76. The lowest BCUT2D eigenvalue weighted by molar-refractivity contribution is 0.0950. The topological polar surface area (TPSA) is 118 Å². The van der Waals surface area contributed by atoms with E-state index < -0.39 is 10.0 Å². The lowest BCUT2D eigenvalue weighted by Gasteiger charge is -2.12. The van der Waals surface area contributed by atoms with Gasteiger partial charge in [0.15, 0.2) is 0 Å². The molecule has 1 aromatic carbocycles. The highest BCUT2D eigenvalue weighted by atomic mass is 32.2. The summed E-state index contributed by atoms with van der Waals surface area (Å²) in [5, 5.41) is 3.50. The van der Waals surface area contributed by atoms with Gasteiger partial charge in [-0.25, -0.2) is 13.4 Å². The lowest BCUT2D eigenvalue weighted by Crippen LogP contribution is -2.29. The number of pyridine rings is 2. The smallest absolute Gasteiger partial charge is 0.269 e. The molecule has 0 atom stereocenters. The zero-order valence-corrected chi connectivity index (χ0v) is 16.0. The number of sulfonamides is 1. The molecule has 2 aromatic heterocycles. The van der Waals surface area contributed by atoms with Gasteiger partial charge in [0.05, 0.1) is 17.0 Å². The second kappa shape index (κ2) is 6.84. The molecule has 0 radical (unpaired) electrons. The fraction of sp³-hybridized carbons (Fsp3) is 0.211. The number of hydrogen-bond donors (Lipinski definition) is 2. The van der Waals surface area contributed by atoms with Crippen molar-refractivity contribution in [3.8, 4) is 11.1 Å². The molecule has 1 aliphatic heterocycles. The van der Waals surface area contributed by atoms with Gasteiger partial charge in [-0.3, -0.25) is 14.1 Å². The number of carbonyl (C=O) groups excluding carboxylic acids is 1. The molecule has 28 heavy (non-hydrogen) atoms. The van der Waals surface area contributed by atoms with Crippen LogP contribution in [0.2, 0.25) is 0 Å². The molecule has 0 unspecified atom stereocenters. The number of carbonyl (C=O) groups is 1. The maximum Gasteiger partial charge on any atom is 0.269 e. The number of amides is 1. The van der Waals surface area contributed by atoms with Crippen molar-refractivity contribution in [3.63, 3.8) is 0 Å². The summed E-state index contributed by atoms with van der Waals surface area (Å²) in [5.74, 6) is -0.331. The van der Waals surface area contributed by atoms with E-state index in [4.69, 9.17) is 5.73 Å². The monoisotopic (exact) mass is 397 g/mol. The van der Waals surface area contributed by atoms with Gasteiger partial charge in [-0.1, -0.05) is 6.07 Å². The fourth-order valence-corrected chi connectivity index (χ4v) is 4.57. The van der Waals surface area contributed by atoms with Crippen LogP contribution < -0.4 is 15.4 Å².